The molecule has 112 valence electrons. The fourth-order valence-corrected chi connectivity index (χ4v) is 3.23. The van der Waals surface area contributed by atoms with Crippen LogP contribution in [0.4, 0.5) is 4.79 Å². The Morgan fingerprint density at radius 2 is 1.95 bits per heavy atom. The van der Waals surface area contributed by atoms with Gasteiger partial charge in [-0.2, -0.15) is 0 Å². The first-order valence-corrected chi connectivity index (χ1v) is 8.28. The highest BCUT2D eigenvalue weighted by Gasteiger charge is 2.51. The average molecular weight is 383 g/mol. The van der Waals surface area contributed by atoms with Gasteiger partial charge in [0.2, 0.25) is 0 Å². The predicted octanol–water partition coefficient (Wildman–Crippen LogP) is 3.82. The van der Waals surface area contributed by atoms with Crippen LogP contribution in [0.2, 0.25) is 0 Å². The fourth-order valence-electron chi connectivity index (χ4n) is 2.53. The Labute approximate surface area is 130 Å². The summed E-state index contributed by atoms with van der Waals surface area (Å²) in [4.78, 5) is 14.2. The molecule has 1 rings (SSSR count). The molecule has 0 aromatic rings. The van der Waals surface area contributed by atoms with Gasteiger partial charge in [0.1, 0.15) is 11.3 Å². The van der Waals surface area contributed by atoms with Crippen LogP contribution in [-0.2, 0) is 9.47 Å². The summed E-state index contributed by atoms with van der Waals surface area (Å²) in [6.45, 7) is 13.7. The molecule has 19 heavy (non-hydrogen) atoms. The Balaban J connectivity index is 3.02. The van der Waals surface area contributed by atoms with Gasteiger partial charge in [-0.3, -0.25) is 4.90 Å². The lowest BCUT2D eigenvalue weighted by molar-refractivity contribution is -0.0750. The van der Waals surface area contributed by atoms with E-state index in [2.05, 4.69) is 36.4 Å². The summed E-state index contributed by atoms with van der Waals surface area (Å²) in [5.74, 6) is 0.328. The van der Waals surface area contributed by atoms with E-state index in [1.165, 1.54) is 0 Å². The van der Waals surface area contributed by atoms with E-state index in [4.69, 9.17) is 9.47 Å². The van der Waals surface area contributed by atoms with Crippen molar-refractivity contribution in [3.05, 3.63) is 0 Å². The summed E-state index contributed by atoms with van der Waals surface area (Å²) in [5.41, 5.74) is -1.11. The Morgan fingerprint density at radius 3 is 2.32 bits per heavy atom. The topological polar surface area (TPSA) is 38.8 Å². The van der Waals surface area contributed by atoms with E-state index in [0.29, 0.717) is 5.92 Å². The monoisotopic (exact) mass is 383 g/mol. The zero-order valence-corrected chi connectivity index (χ0v) is 15.1. The third kappa shape index (κ3) is 3.97. The Morgan fingerprint density at radius 1 is 1.42 bits per heavy atom. The minimum absolute atomic E-state index is 0.0572. The molecule has 0 aromatic carbocycles. The molecule has 0 bridgehead atoms. The molecule has 0 aliphatic carbocycles. The summed E-state index contributed by atoms with van der Waals surface area (Å²) < 4.78 is 12.4. The van der Waals surface area contributed by atoms with Gasteiger partial charge in [-0.15, -0.1) is 0 Å². The van der Waals surface area contributed by atoms with Gasteiger partial charge in [0.25, 0.3) is 0 Å². The van der Waals surface area contributed by atoms with Crippen LogP contribution in [-0.4, -0.2) is 38.9 Å². The van der Waals surface area contributed by atoms with E-state index in [9.17, 15) is 4.79 Å². The van der Waals surface area contributed by atoms with Crippen LogP contribution in [0.3, 0.4) is 0 Å². The maximum absolute atomic E-state index is 12.5. The first kappa shape index (κ1) is 17.0. The van der Waals surface area contributed by atoms with Gasteiger partial charge in [0.05, 0.1) is 12.1 Å². The highest BCUT2D eigenvalue weighted by atomic mass is 127. The van der Waals surface area contributed by atoms with Crippen LogP contribution in [0, 0.1) is 5.92 Å². The van der Waals surface area contributed by atoms with Crippen molar-refractivity contribution in [3.8, 4) is 0 Å². The maximum Gasteiger partial charge on any atom is 0.412 e. The third-order valence-electron chi connectivity index (χ3n) is 3.12. The van der Waals surface area contributed by atoms with Crippen LogP contribution >= 0.6 is 22.6 Å². The molecule has 0 saturated carbocycles. The average Bonchev–Trinajstić information content (AvgIpc) is 2.46. The zero-order chi connectivity index (χ0) is 15.0. The van der Waals surface area contributed by atoms with Crippen LogP contribution in [0.1, 0.15) is 48.5 Å². The highest BCUT2D eigenvalue weighted by molar-refractivity contribution is 14.1. The molecule has 1 fully saturated rings. The summed E-state index contributed by atoms with van der Waals surface area (Å²) in [6, 6.07) is 0.0572. The lowest BCUT2D eigenvalue weighted by Crippen LogP contribution is -2.52. The summed E-state index contributed by atoms with van der Waals surface area (Å²) in [7, 11) is 0. The lowest BCUT2D eigenvalue weighted by Gasteiger charge is -2.36. The van der Waals surface area contributed by atoms with Crippen LogP contribution in [0.15, 0.2) is 0 Å². The summed E-state index contributed by atoms with van der Waals surface area (Å²) in [6.07, 6.45) is -0.230. The standard InChI is InChI=1S/C14H26INO3/c1-9(2)11-10(8-15)18-14(6,7)16(11)12(17)19-13(3,4)5/h9-11H,8H2,1-7H3/t10-,11-/m0/s1. The van der Waals surface area contributed by atoms with Gasteiger partial charge < -0.3 is 9.47 Å². The minimum atomic E-state index is -0.618. The van der Waals surface area contributed by atoms with Gasteiger partial charge in [0.15, 0.2) is 0 Å². The van der Waals surface area contributed by atoms with Crippen molar-refractivity contribution in [1.82, 2.24) is 4.90 Å². The van der Waals surface area contributed by atoms with Gasteiger partial charge in [0, 0.05) is 4.43 Å². The highest BCUT2D eigenvalue weighted by Crippen LogP contribution is 2.37. The molecular formula is C14H26INO3. The number of alkyl halides is 1. The van der Waals surface area contributed by atoms with E-state index in [1.54, 1.807) is 4.90 Å². The first-order chi connectivity index (χ1) is 8.49. The van der Waals surface area contributed by atoms with Gasteiger partial charge in [-0.25, -0.2) is 4.79 Å². The van der Waals surface area contributed by atoms with Crippen LogP contribution in [0.25, 0.3) is 0 Å². The van der Waals surface area contributed by atoms with Crippen molar-refractivity contribution >= 4 is 28.7 Å². The van der Waals surface area contributed by atoms with E-state index < -0.39 is 11.3 Å². The second-order valence-corrected chi connectivity index (χ2v) is 7.72. The molecule has 1 aliphatic heterocycles. The van der Waals surface area contributed by atoms with E-state index in [-0.39, 0.29) is 18.2 Å². The number of nitrogens with zero attached hydrogens (tertiary/aromatic N) is 1. The molecule has 1 saturated heterocycles. The molecule has 4 nitrogen and oxygen atoms in total. The van der Waals surface area contributed by atoms with Gasteiger partial charge >= 0.3 is 6.09 Å². The molecule has 5 heteroatoms. The molecule has 1 amide bonds. The second kappa shape index (κ2) is 5.76. The van der Waals surface area contributed by atoms with E-state index in [1.807, 2.05) is 34.6 Å². The van der Waals surface area contributed by atoms with Gasteiger partial charge in [-0.05, 0) is 40.5 Å². The van der Waals surface area contributed by atoms with E-state index >= 15 is 0 Å². The molecule has 1 heterocycles. The third-order valence-corrected chi connectivity index (χ3v) is 3.99. The fraction of sp³-hybridized carbons (Fsp3) is 0.929. The molecule has 0 radical (unpaired) electrons. The summed E-state index contributed by atoms with van der Waals surface area (Å²) >= 11 is 2.31. The maximum atomic E-state index is 12.5. The quantitative estimate of drug-likeness (QED) is 0.538. The molecule has 1 aliphatic rings. The molecule has 2 atom stereocenters. The number of hydrogen-bond donors (Lipinski definition) is 0. The number of rotatable bonds is 2. The number of hydrogen-bond acceptors (Lipinski definition) is 3. The Bertz CT molecular complexity index is 336. The van der Waals surface area contributed by atoms with Crippen molar-refractivity contribution in [2.45, 2.75) is 71.9 Å². The zero-order valence-electron chi connectivity index (χ0n) is 13.0. The Kier molecular flexibility index (Phi) is 5.15. The molecular weight excluding hydrogens is 357 g/mol. The lowest BCUT2D eigenvalue weighted by atomic mass is 9.98. The Hall–Kier alpha value is -0.0400. The number of carbonyl (C=O) groups is 1. The largest absolute Gasteiger partial charge is 0.444 e. The normalized spacial score (nSPS) is 26.9. The number of carbonyl (C=O) groups excluding carboxylic acids is 1. The molecule has 0 aromatic heterocycles. The number of amides is 1. The minimum Gasteiger partial charge on any atom is -0.444 e. The number of halogens is 1. The van der Waals surface area contributed by atoms with Crippen LogP contribution in [0.5, 0.6) is 0 Å². The molecule has 0 unspecified atom stereocenters. The van der Waals surface area contributed by atoms with E-state index in [0.717, 1.165) is 4.43 Å². The van der Waals surface area contributed by atoms with Gasteiger partial charge in [-0.1, -0.05) is 36.4 Å². The smallest absolute Gasteiger partial charge is 0.412 e. The predicted molar refractivity (Wildman–Crippen MR) is 84.5 cm³/mol. The van der Waals surface area contributed by atoms with Crippen molar-refractivity contribution < 1.29 is 14.3 Å². The van der Waals surface area contributed by atoms with Crippen molar-refractivity contribution in [2.75, 3.05) is 4.43 Å². The van der Waals surface area contributed by atoms with Crippen molar-refractivity contribution in [2.24, 2.45) is 5.92 Å². The molecule has 0 N–H and O–H groups in total. The second-order valence-electron chi connectivity index (χ2n) is 6.84. The number of ether oxygens (including phenoxy) is 2. The molecule has 0 spiro atoms. The first-order valence-electron chi connectivity index (χ1n) is 6.75. The van der Waals surface area contributed by atoms with Crippen molar-refractivity contribution in [3.63, 3.8) is 0 Å². The van der Waals surface area contributed by atoms with Crippen molar-refractivity contribution in [1.29, 1.82) is 0 Å². The summed E-state index contributed by atoms with van der Waals surface area (Å²) in [5, 5.41) is 0. The SMILES string of the molecule is CC(C)[C@H]1[C@H](CI)OC(C)(C)N1C(=O)OC(C)(C)C. The van der Waals surface area contributed by atoms with Crippen LogP contribution < -0.4 is 0 Å².